The van der Waals surface area contributed by atoms with E-state index >= 15 is 0 Å². The minimum Gasteiger partial charge on any atom is -0.461 e. The molecule has 0 unspecified atom stereocenters. The van der Waals surface area contributed by atoms with Crippen molar-refractivity contribution in [1.82, 2.24) is 29.6 Å². The number of H-pyrrole nitrogens is 1. The highest BCUT2D eigenvalue weighted by atomic mass is 32.2. The molecule has 1 saturated heterocycles. The van der Waals surface area contributed by atoms with Gasteiger partial charge in [-0.1, -0.05) is 50.5 Å². The first kappa shape index (κ1) is 33.3. The van der Waals surface area contributed by atoms with Gasteiger partial charge in [-0.15, -0.1) is 5.10 Å². The molecule has 0 bridgehead atoms. The molecule has 0 atom stereocenters. The normalized spacial score (nSPS) is 17.1. The van der Waals surface area contributed by atoms with Crippen molar-refractivity contribution in [3.05, 3.63) is 65.7 Å². The van der Waals surface area contributed by atoms with E-state index in [2.05, 4.69) is 24.9 Å². The second-order valence-electron chi connectivity index (χ2n) is 13.5. The van der Waals surface area contributed by atoms with E-state index in [9.17, 15) is 17.6 Å². The van der Waals surface area contributed by atoms with E-state index in [0.717, 1.165) is 25.9 Å². The minimum atomic E-state index is -3.56. The van der Waals surface area contributed by atoms with Crippen LogP contribution in [0.25, 0.3) is 22.2 Å². The number of sulfonamides is 1. The summed E-state index contributed by atoms with van der Waals surface area (Å²) in [5, 5.41) is 9.25. The molecule has 4 aromatic rings. The number of halogens is 1. The van der Waals surface area contributed by atoms with Crippen LogP contribution in [0.1, 0.15) is 80.8 Å². The Morgan fingerprint density at radius 3 is 2.53 bits per heavy atom. The van der Waals surface area contributed by atoms with Crippen LogP contribution < -0.4 is 4.72 Å². The van der Waals surface area contributed by atoms with E-state index < -0.39 is 21.8 Å². The number of aromatic nitrogens is 4. The number of fused-ring (bicyclic) bond motifs is 1. The van der Waals surface area contributed by atoms with E-state index in [0.29, 0.717) is 58.5 Å². The molecule has 1 aliphatic carbocycles. The molecule has 0 radical (unpaired) electrons. The highest BCUT2D eigenvalue weighted by molar-refractivity contribution is 7.89. The van der Waals surface area contributed by atoms with Crippen molar-refractivity contribution in [3.8, 4) is 11.3 Å². The van der Waals surface area contributed by atoms with Crippen molar-refractivity contribution in [2.75, 3.05) is 32.8 Å². The molecule has 1 saturated carbocycles. The van der Waals surface area contributed by atoms with Crippen LogP contribution in [-0.2, 0) is 21.3 Å². The molecule has 0 spiro atoms. The second-order valence-corrected chi connectivity index (χ2v) is 15.2. The van der Waals surface area contributed by atoms with E-state index in [1.807, 2.05) is 26.0 Å². The Hall–Kier alpha value is -3.61. The van der Waals surface area contributed by atoms with Crippen LogP contribution in [0, 0.1) is 17.7 Å². The van der Waals surface area contributed by atoms with E-state index in [1.54, 1.807) is 29.1 Å². The standard InChI is InChI=1S/C35H45FN6O4S/c1-24(2)23-46-35(43)34-33(30-20-28(36)10-13-31(30)38-34)32-22-42(40-39-32)21-25-14-17-41(18-15-25)19-16-37-47(44,45)29-11-8-27(9-12-29)26-6-4-3-5-7-26/h8-13,20,22,24-26,37-38H,3-7,14-19,21,23H2,1-2H3. The summed E-state index contributed by atoms with van der Waals surface area (Å²) < 4.78 is 50.1. The zero-order chi connectivity index (χ0) is 33.0. The Labute approximate surface area is 276 Å². The number of carbonyl (C=O) groups is 1. The molecular weight excluding hydrogens is 619 g/mol. The van der Waals surface area contributed by atoms with Crippen LogP contribution in [-0.4, -0.2) is 72.1 Å². The molecule has 252 valence electrons. The molecule has 2 aromatic carbocycles. The molecule has 3 heterocycles. The van der Waals surface area contributed by atoms with Crippen molar-refractivity contribution in [2.45, 2.75) is 76.2 Å². The van der Waals surface area contributed by atoms with Gasteiger partial charge in [-0.25, -0.2) is 22.3 Å². The number of piperidine rings is 1. The first-order valence-electron chi connectivity index (χ1n) is 16.9. The molecule has 2 aromatic heterocycles. The van der Waals surface area contributed by atoms with Gasteiger partial charge in [0.1, 0.15) is 17.2 Å². The van der Waals surface area contributed by atoms with Crippen molar-refractivity contribution in [1.29, 1.82) is 0 Å². The number of ether oxygens (including phenoxy) is 1. The number of nitrogens with one attached hydrogen (secondary N) is 2. The highest BCUT2D eigenvalue weighted by Crippen LogP contribution is 2.34. The fourth-order valence-electron chi connectivity index (χ4n) is 6.83. The van der Waals surface area contributed by atoms with Crippen LogP contribution in [0.5, 0.6) is 0 Å². The Kier molecular flexibility index (Phi) is 10.4. The minimum absolute atomic E-state index is 0.175. The lowest BCUT2D eigenvalue weighted by molar-refractivity contribution is 0.0454. The first-order valence-corrected chi connectivity index (χ1v) is 18.4. The summed E-state index contributed by atoms with van der Waals surface area (Å²) in [5.41, 5.74) is 3.06. The van der Waals surface area contributed by atoms with Gasteiger partial charge in [0, 0.05) is 36.1 Å². The van der Waals surface area contributed by atoms with Gasteiger partial charge in [0.15, 0.2) is 0 Å². The number of benzene rings is 2. The van der Waals surface area contributed by atoms with Crippen LogP contribution in [0.4, 0.5) is 4.39 Å². The molecule has 6 rings (SSSR count). The fraction of sp³-hybridized carbons (Fsp3) is 0.514. The third kappa shape index (κ3) is 8.10. The van der Waals surface area contributed by atoms with E-state index in [4.69, 9.17) is 4.74 Å². The molecule has 2 fully saturated rings. The largest absolute Gasteiger partial charge is 0.461 e. The Bertz CT molecular complexity index is 1770. The highest BCUT2D eigenvalue weighted by Gasteiger charge is 2.25. The second kappa shape index (κ2) is 14.7. The summed E-state index contributed by atoms with van der Waals surface area (Å²) >= 11 is 0. The molecule has 47 heavy (non-hydrogen) atoms. The zero-order valence-corrected chi connectivity index (χ0v) is 28.1. The summed E-state index contributed by atoms with van der Waals surface area (Å²) in [6.07, 6.45) is 9.85. The van der Waals surface area contributed by atoms with Gasteiger partial charge >= 0.3 is 5.97 Å². The number of nitrogens with zero attached hydrogens (tertiary/aromatic N) is 4. The number of carbonyl (C=O) groups excluding carboxylic acids is 1. The molecule has 0 amide bonds. The number of hydrogen-bond donors (Lipinski definition) is 2. The van der Waals surface area contributed by atoms with Gasteiger partial charge in [0.2, 0.25) is 10.0 Å². The monoisotopic (exact) mass is 664 g/mol. The summed E-state index contributed by atoms with van der Waals surface area (Å²) in [5.74, 6) is 0.175. The van der Waals surface area contributed by atoms with E-state index in [1.165, 1.54) is 49.8 Å². The molecule has 12 heteroatoms. The average Bonchev–Trinajstić information content (AvgIpc) is 3.69. The van der Waals surface area contributed by atoms with E-state index in [-0.39, 0.29) is 18.2 Å². The number of hydrogen-bond acceptors (Lipinski definition) is 7. The van der Waals surface area contributed by atoms with Crippen LogP contribution >= 0.6 is 0 Å². The van der Waals surface area contributed by atoms with Gasteiger partial charge in [-0.2, -0.15) is 0 Å². The Morgan fingerprint density at radius 2 is 1.81 bits per heavy atom. The first-order chi connectivity index (χ1) is 22.7. The zero-order valence-electron chi connectivity index (χ0n) is 27.3. The molecule has 1 aliphatic heterocycles. The lowest BCUT2D eigenvalue weighted by Crippen LogP contribution is -2.40. The van der Waals surface area contributed by atoms with Gasteiger partial charge in [0.05, 0.1) is 17.7 Å². The SMILES string of the molecule is CC(C)COC(=O)c1[nH]c2ccc(F)cc2c1-c1cn(CC2CCN(CCNS(=O)(=O)c3ccc(C4CCCCC4)cc3)CC2)nn1. The summed E-state index contributed by atoms with van der Waals surface area (Å²) in [6, 6.07) is 11.8. The summed E-state index contributed by atoms with van der Waals surface area (Å²) in [6.45, 7) is 7.58. The Morgan fingerprint density at radius 1 is 1.06 bits per heavy atom. The maximum absolute atomic E-state index is 14.2. The smallest absolute Gasteiger partial charge is 0.355 e. The maximum Gasteiger partial charge on any atom is 0.355 e. The maximum atomic E-state index is 14.2. The number of rotatable bonds is 12. The van der Waals surface area contributed by atoms with Crippen LogP contribution in [0.15, 0.2) is 53.6 Å². The van der Waals surface area contributed by atoms with Crippen LogP contribution in [0.2, 0.25) is 0 Å². The van der Waals surface area contributed by atoms with Gasteiger partial charge in [-0.3, -0.25) is 4.68 Å². The predicted molar refractivity (Wildman–Crippen MR) is 179 cm³/mol. The molecular formula is C35H45FN6O4S. The predicted octanol–water partition coefficient (Wildman–Crippen LogP) is 6.12. The van der Waals surface area contributed by atoms with Crippen molar-refractivity contribution < 1.29 is 22.3 Å². The summed E-state index contributed by atoms with van der Waals surface area (Å²) in [4.78, 5) is 18.7. The number of aromatic amines is 1. The third-order valence-corrected chi connectivity index (χ3v) is 10.9. The van der Waals surface area contributed by atoms with Crippen LogP contribution in [0.3, 0.4) is 0 Å². The molecule has 10 nitrogen and oxygen atoms in total. The van der Waals surface area contributed by atoms with Gasteiger partial charge in [-0.05, 0) is 92.4 Å². The van der Waals surface area contributed by atoms with Crippen molar-refractivity contribution in [2.24, 2.45) is 11.8 Å². The average molecular weight is 665 g/mol. The van der Waals surface area contributed by atoms with Gasteiger partial charge in [0.25, 0.3) is 0 Å². The lowest BCUT2D eigenvalue weighted by atomic mass is 9.84. The fourth-order valence-corrected chi connectivity index (χ4v) is 7.85. The Balaban J connectivity index is 1.01. The topological polar surface area (TPSA) is 122 Å². The van der Waals surface area contributed by atoms with Gasteiger partial charge < -0.3 is 14.6 Å². The third-order valence-electron chi connectivity index (χ3n) is 9.45. The molecule has 2 aliphatic rings. The summed E-state index contributed by atoms with van der Waals surface area (Å²) in [7, 11) is -3.56. The van der Waals surface area contributed by atoms with Crippen molar-refractivity contribution in [3.63, 3.8) is 0 Å². The van der Waals surface area contributed by atoms with Crippen molar-refractivity contribution >= 4 is 26.9 Å². The molecule has 2 N–H and O–H groups in total. The number of esters is 1. The lowest BCUT2D eigenvalue weighted by Gasteiger charge is -2.31. The number of likely N-dealkylation sites (tertiary alicyclic amines) is 1. The quantitative estimate of drug-likeness (QED) is 0.175.